The third-order valence-corrected chi connectivity index (χ3v) is 3.20. The SMILES string of the molecule is O=[N+]([O-])c1ccc(CNc2ccc(O)cc2)s1. The molecule has 17 heavy (non-hydrogen) atoms. The summed E-state index contributed by atoms with van der Waals surface area (Å²) in [6.07, 6.45) is 0. The Hall–Kier alpha value is -2.08. The molecule has 5 nitrogen and oxygen atoms in total. The third kappa shape index (κ3) is 2.94. The Morgan fingerprint density at radius 1 is 1.24 bits per heavy atom. The fourth-order valence-electron chi connectivity index (χ4n) is 1.33. The Kier molecular flexibility index (Phi) is 3.24. The zero-order valence-corrected chi connectivity index (χ0v) is 9.61. The van der Waals surface area contributed by atoms with Gasteiger partial charge in [-0.15, -0.1) is 0 Å². The molecule has 1 heterocycles. The monoisotopic (exact) mass is 250 g/mol. The van der Waals surface area contributed by atoms with Gasteiger partial charge in [-0.05, 0) is 30.3 Å². The molecule has 88 valence electrons. The van der Waals surface area contributed by atoms with Crippen LogP contribution in [0, 0.1) is 10.1 Å². The lowest BCUT2D eigenvalue weighted by Gasteiger charge is -2.03. The molecule has 0 amide bonds. The fourth-order valence-corrected chi connectivity index (χ4v) is 2.09. The van der Waals surface area contributed by atoms with Crippen molar-refractivity contribution < 1.29 is 10.0 Å². The number of anilines is 1. The summed E-state index contributed by atoms with van der Waals surface area (Å²) in [5, 5.41) is 22.9. The molecule has 2 rings (SSSR count). The number of hydrogen-bond donors (Lipinski definition) is 2. The normalized spacial score (nSPS) is 10.1. The van der Waals surface area contributed by atoms with Crippen molar-refractivity contribution in [1.82, 2.24) is 0 Å². The first-order valence-corrected chi connectivity index (χ1v) is 5.73. The highest BCUT2D eigenvalue weighted by Crippen LogP contribution is 2.24. The van der Waals surface area contributed by atoms with E-state index in [0.717, 1.165) is 21.9 Å². The van der Waals surface area contributed by atoms with Gasteiger partial charge < -0.3 is 10.4 Å². The molecule has 0 saturated carbocycles. The maximum absolute atomic E-state index is 10.5. The predicted molar refractivity (Wildman–Crippen MR) is 66.4 cm³/mol. The molecule has 0 unspecified atom stereocenters. The van der Waals surface area contributed by atoms with Gasteiger partial charge in [-0.25, -0.2) is 0 Å². The minimum absolute atomic E-state index is 0.146. The summed E-state index contributed by atoms with van der Waals surface area (Å²) in [4.78, 5) is 11.0. The van der Waals surface area contributed by atoms with Crippen LogP contribution in [0.3, 0.4) is 0 Å². The van der Waals surface area contributed by atoms with Crippen molar-refractivity contribution in [1.29, 1.82) is 0 Å². The van der Waals surface area contributed by atoms with Crippen molar-refractivity contribution in [3.8, 4) is 5.75 Å². The van der Waals surface area contributed by atoms with E-state index in [1.807, 2.05) is 0 Å². The third-order valence-electron chi connectivity index (χ3n) is 2.16. The molecule has 0 aliphatic carbocycles. The van der Waals surface area contributed by atoms with Gasteiger partial charge in [0.1, 0.15) is 5.75 Å². The Morgan fingerprint density at radius 3 is 2.53 bits per heavy atom. The van der Waals surface area contributed by atoms with Crippen LogP contribution in [0.5, 0.6) is 5.75 Å². The lowest BCUT2D eigenvalue weighted by atomic mass is 10.3. The quantitative estimate of drug-likeness (QED) is 0.497. The molecule has 0 atom stereocenters. The van der Waals surface area contributed by atoms with E-state index >= 15 is 0 Å². The molecule has 0 spiro atoms. The van der Waals surface area contributed by atoms with E-state index in [1.165, 1.54) is 6.07 Å². The Bertz CT molecular complexity index is 522. The van der Waals surface area contributed by atoms with E-state index in [0.29, 0.717) is 6.54 Å². The van der Waals surface area contributed by atoms with Crippen LogP contribution in [0.4, 0.5) is 10.7 Å². The van der Waals surface area contributed by atoms with Gasteiger partial charge >= 0.3 is 5.00 Å². The van der Waals surface area contributed by atoms with Crippen LogP contribution in [-0.4, -0.2) is 10.0 Å². The molecule has 2 aromatic rings. The van der Waals surface area contributed by atoms with E-state index in [9.17, 15) is 10.1 Å². The molecule has 6 heteroatoms. The smallest absolute Gasteiger partial charge is 0.324 e. The molecular weight excluding hydrogens is 240 g/mol. The molecular formula is C11H10N2O3S. The van der Waals surface area contributed by atoms with Crippen LogP contribution in [0.1, 0.15) is 4.88 Å². The van der Waals surface area contributed by atoms with Crippen LogP contribution in [0.2, 0.25) is 0 Å². The fraction of sp³-hybridized carbons (Fsp3) is 0.0909. The van der Waals surface area contributed by atoms with E-state index in [-0.39, 0.29) is 10.8 Å². The number of hydrogen-bond acceptors (Lipinski definition) is 5. The van der Waals surface area contributed by atoms with Gasteiger partial charge in [0.25, 0.3) is 0 Å². The number of aromatic hydroxyl groups is 1. The van der Waals surface area contributed by atoms with Crippen molar-refractivity contribution >= 4 is 22.0 Å². The summed E-state index contributed by atoms with van der Waals surface area (Å²) in [7, 11) is 0. The predicted octanol–water partition coefficient (Wildman–Crippen LogP) is 2.97. The minimum atomic E-state index is -0.394. The van der Waals surface area contributed by atoms with Gasteiger partial charge in [-0.2, -0.15) is 0 Å². The molecule has 2 N–H and O–H groups in total. The standard InChI is InChI=1S/C11H10N2O3S/c14-9-3-1-8(2-4-9)12-7-10-5-6-11(17-10)13(15)16/h1-6,12,14H,7H2. The summed E-state index contributed by atoms with van der Waals surface area (Å²) >= 11 is 1.15. The largest absolute Gasteiger partial charge is 0.508 e. The maximum atomic E-state index is 10.5. The van der Waals surface area contributed by atoms with Crippen LogP contribution in [-0.2, 0) is 6.54 Å². The van der Waals surface area contributed by atoms with Crippen molar-refractivity contribution in [2.45, 2.75) is 6.54 Å². The molecule has 0 fully saturated rings. The van der Waals surface area contributed by atoms with Crippen LogP contribution >= 0.6 is 11.3 Å². The first kappa shape index (κ1) is 11.4. The molecule has 1 aromatic carbocycles. The molecule has 0 aliphatic heterocycles. The van der Waals surface area contributed by atoms with Crippen LogP contribution in [0.25, 0.3) is 0 Å². The highest BCUT2D eigenvalue weighted by molar-refractivity contribution is 7.15. The number of phenols is 1. The second-order valence-corrected chi connectivity index (χ2v) is 4.54. The number of nitrogens with one attached hydrogen (secondary N) is 1. The lowest BCUT2D eigenvalue weighted by molar-refractivity contribution is -0.380. The molecule has 1 aromatic heterocycles. The van der Waals surface area contributed by atoms with Gasteiger partial charge in [0.05, 0.1) is 4.92 Å². The lowest BCUT2D eigenvalue weighted by Crippen LogP contribution is -1.96. The Balaban J connectivity index is 1.97. The average Bonchev–Trinajstić information content (AvgIpc) is 2.77. The van der Waals surface area contributed by atoms with Gasteiger partial charge in [0.15, 0.2) is 0 Å². The zero-order valence-electron chi connectivity index (χ0n) is 8.79. The van der Waals surface area contributed by atoms with E-state index in [1.54, 1.807) is 30.3 Å². The topological polar surface area (TPSA) is 75.4 Å². The van der Waals surface area contributed by atoms with Crippen molar-refractivity contribution in [2.75, 3.05) is 5.32 Å². The first-order chi connectivity index (χ1) is 8.15. The number of nitro groups is 1. The second kappa shape index (κ2) is 4.84. The number of thiophene rings is 1. The molecule has 0 aliphatic rings. The van der Waals surface area contributed by atoms with E-state index < -0.39 is 4.92 Å². The number of benzene rings is 1. The number of rotatable bonds is 4. The second-order valence-electron chi connectivity index (χ2n) is 3.40. The van der Waals surface area contributed by atoms with Crippen molar-refractivity contribution in [3.63, 3.8) is 0 Å². The van der Waals surface area contributed by atoms with E-state index in [2.05, 4.69) is 5.32 Å². The maximum Gasteiger partial charge on any atom is 0.324 e. The first-order valence-electron chi connectivity index (χ1n) is 4.91. The van der Waals surface area contributed by atoms with Crippen molar-refractivity contribution in [2.24, 2.45) is 0 Å². The van der Waals surface area contributed by atoms with Crippen LogP contribution in [0.15, 0.2) is 36.4 Å². The summed E-state index contributed by atoms with van der Waals surface area (Å²) < 4.78 is 0. The zero-order chi connectivity index (χ0) is 12.3. The minimum Gasteiger partial charge on any atom is -0.508 e. The molecule has 0 bridgehead atoms. The highest BCUT2D eigenvalue weighted by atomic mass is 32.1. The van der Waals surface area contributed by atoms with Gasteiger partial charge in [0, 0.05) is 23.2 Å². The van der Waals surface area contributed by atoms with Gasteiger partial charge in [-0.1, -0.05) is 11.3 Å². The Labute approximate surface area is 101 Å². The number of nitrogens with zero attached hydrogens (tertiary/aromatic N) is 1. The highest BCUT2D eigenvalue weighted by Gasteiger charge is 2.08. The Morgan fingerprint density at radius 2 is 1.94 bits per heavy atom. The summed E-state index contributed by atoms with van der Waals surface area (Å²) in [6.45, 7) is 0.531. The van der Waals surface area contributed by atoms with Crippen LogP contribution < -0.4 is 5.32 Å². The summed E-state index contributed by atoms with van der Waals surface area (Å²) in [5.74, 6) is 0.210. The summed E-state index contributed by atoms with van der Waals surface area (Å²) in [6, 6.07) is 9.89. The van der Waals surface area contributed by atoms with Crippen molar-refractivity contribution in [3.05, 3.63) is 51.4 Å². The van der Waals surface area contributed by atoms with E-state index in [4.69, 9.17) is 5.11 Å². The number of phenolic OH excluding ortho intramolecular Hbond substituents is 1. The van der Waals surface area contributed by atoms with Gasteiger partial charge in [0.2, 0.25) is 0 Å². The summed E-state index contributed by atoms with van der Waals surface area (Å²) in [5.41, 5.74) is 0.860. The van der Waals surface area contributed by atoms with Gasteiger partial charge in [-0.3, -0.25) is 10.1 Å². The molecule has 0 radical (unpaired) electrons. The molecule has 0 saturated heterocycles. The average molecular weight is 250 g/mol.